The van der Waals surface area contributed by atoms with Crippen LogP contribution in [0.1, 0.15) is 58.8 Å². The lowest BCUT2D eigenvalue weighted by Crippen LogP contribution is -2.37. The molecule has 0 saturated heterocycles. The van der Waals surface area contributed by atoms with Crippen LogP contribution in [0.15, 0.2) is 23.8 Å². The molecule has 1 aliphatic carbocycles. The van der Waals surface area contributed by atoms with Gasteiger partial charge in [0.1, 0.15) is 4.75 Å². The van der Waals surface area contributed by atoms with E-state index in [0.717, 1.165) is 32.1 Å². The number of rotatable bonds is 7. The standard InChI is InChI=1S/C14H24O3S/c1-3-5-7-13-8-11-14(12-9-13,10-6-4-2)18(15,16)17/h8-9,11H,3-7,10,12H2,1-2H3,(H,15,16,17). The van der Waals surface area contributed by atoms with Crippen LogP contribution < -0.4 is 0 Å². The number of allylic oxidation sites excluding steroid dienone is 3. The van der Waals surface area contributed by atoms with E-state index < -0.39 is 14.9 Å². The minimum Gasteiger partial charge on any atom is -0.285 e. The summed E-state index contributed by atoms with van der Waals surface area (Å²) in [6, 6.07) is 0. The second kappa shape index (κ2) is 6.53. The van der Waals surface area contributed by atoms with Crippen LogP contribution in [-0.4, -0.2) is 17.7 Å². The first kappa shape index (κ1) is 15.4. The zero-order chi connectivity index (χ0) is 13.6. The summed E-state index contributed by atoms with van der Waals surface area (Å²) in [7, 11) is -4.04. The highest BCUT2D eigenvalue weighted by Crippen LogP contribution is 2.34. The molecule has 0 fully saturated rings. The second-order valence-electron chi connectivity index (χ2n) is 5.06. The van der Waals surface area contributed by atoms with Gasteiger partial charge in [-0.05, 0) is 25.7 Å². The zero-order valence-electron chi connectivity index (χ0n) is 11.4. The van der Waals surface area contributed by atoms with E-state index in [9.17, 15) is 13.0 Å². The number of hydrogen-bond donors (Lipinski definition) is 1. The summed E-state index contributed by atoms with van der Waals surface area (Å²) in [5, 5.41) is 0. The van der Waals surface area contributed by atoms with Crippen molar-refractivity contribution in [1.82, 2.24) is 0 Å². The summed E-state index contributed by atoms with van der Waals surface area (Å²) in [6.45, 7) is 4.16. The Bertz CT molecular complexity index is 420. The van der Waals surface area contributed by atoms with Gasteiger partial charge >= 0.3 is 0 Å². The first-order chi connectivity index (χ1) is 8.45. The fourth-order valence-corrected chi connectivity index (χ4v) is 3.18. The van der Waals surface area contributed by atoms with Gasteiger partial charge in [-0.25, -0.2) is 0 Å². The average Bonchev–Trinajstić information content (AvgIpc) is 2.34. The minimum atomic E-state index is -4.04. The minimum absolute atomic E-state index is 0.404. The molecule has 0 saturated carbocycles. The molecule has 0 aromatic carbocycles. The van der Waals surface area contributed by atoms with E-state index in [1.807, 2.05) is 19.1 Å². The molecule has 1 N–H and O–H groups in total. The van der Waals surface area contributed by atoms with Gasteiger partial charge in [-0.3, -0.25) is 4.55 Å². The molecule has 1 rings (SSSR count). The van der Waals surface area contributed by atoms with Crippen LogP contribution in [0.3, 0.4) is 0 Å². The fourth-order valence-electron chi connectivity index (χ4n) is 2.25. The van der Waals surface area contributed by atoms with Gasteiger partial charge < -0.3 is 0 Å². The van der Waals surface area contributed by atoms with Crippen LogP contribution >= 0.6 is 0 Å². The molecule has 1 aliphatic rings. The lowest BCUT2D eigenvalue weighted by molar-refractivity contribution is 0.429. The van der Waals surface area contributed by atoms with Crippen LogP contribution in [-0.2, 0) is 10.1 Å². The summed E-state index contributed by atoms with van der Waals surface area (Å²) in [5.74, 6) is 0. The largest absolute Gasteiger partial charge is 0.285 e. The third-order valence-electron chi connectivity index (χ3n) is 3.60. The lowest BCUT2D eigenvalue weighted by atomic mass is 9.90. The summed E-state index contributed by atoms with van der Waals surface area (Å²) in [6.07, 6.45) is 11.4. The van der Waals surface area contributed by atoms with E-state index in [0.29, 0.717) is 12.8 Å². The molecule has 0 spiro atoms. The van der Waals surface area contributed by atoms with Gasteiger partial charge in [-0.2, -0.15) is 8.42 Å². The van der Waals surface area contributed by atoms with E-state index in [1.54, 1.807) is 6.08 Å². The van der Waals surface area contributed by atoms with Crippen molar-refractivity contribution in [2.75, 3.05) is 0 Å². The van der Waals surface area contributed by atoms with Crippen LogP contribution in [0.25, 0.3) is 0 Å². The van der Waals surface area contributed by atoms with Gasteiger partial charge in [0.05, 0.1) is 0 Å². The SMILES string of the molecule is CCCCC1=CCC(CCCC)(S(=O)(=O)O)C=C1. The van der Waals surface area contributed by atoms with Crippen molar-refractivity contribution in [1.29, 1.82) is 0 Å². The van der Waals surface area contributed by atoms with Gasteiger partial charge in [0.25, 0.3) is 10.1 Å². The van der Waals surface area contributed by atoms with Crippen LogP contribution in [0, 0.1) is 0 Å². The van der Waals surface area contributed by atoms with Crippen LogP contribution in [0.2, 0.25) is 0 Å². The lowest BCUT2D eigenvalue weighted by Gasteiger charge is -2.29. The quantitative estimate of drug-likeness (QED) is 0.715. The van der Waals surface area contributed by atoms with Crippen molar-refractivity contribution in [3.63, 3.8) is 0 Å². The Balaban J connectivity index is 2.81. The van der Waals surface area contributed by atoms with Crippen molar-refractivity contribution in [2.24, 2.45) is 0 Å². The van der Waals surface area contributed by atoms with Gasteiger partial charge in [0, 0.05) is 0 Å². The third kappa shape index (κ3) is 3.69. The summed E-state index contributed by atoms with van der Waals surface area (Å²) >= 11 is 0. The molecule has 18 heavy (non-hydrogen) atoms. The maximum Gasteiger partial charge on any atom is 0.274 e. The Hall–Kier alpha value is -0.610. The molecule has 0 aliphatic heterocycles. The smallest absolute Gasteiger partial charge is 0.274 e. The van der Waals surface area contributed by atoms with Crippen molar-refractivity contribution < 1.29 is 13.0 Å². The van der Waals surface area contributed by atoms with Crippen molar-refractivity contribution >= 4 is 10.1 Å². The predicted molar refractivity (Wildman–Crippen MR) is 75.2 cm³/mol. The Morgan fingerprint density at radius 1 is 1.28 bits per heavy atom. The Kier molecular flexibility index (Phi) is 5.60. The summed E-state index contributed by atoms with van der Waals surface area (Å²) in [4.78, 5) is 0. The molecule has 0 heterocycles. The zero-order valence-corrected chi connectivity index (χ0v) is 12.2. The normalized spacial score (nSPS) is 24.1. The first-order valence-corrected chi connectivity index (χ1v) is 8.24. The Morgan fingerprint density at radius 3 is 2.39 bits per heavy atom. The van der Waals surface area contributed by atoms with Crippen molar-refractivity contribution in [3.05, 3.63) is 23.8 Å². The van der Waals surface area contributed by atoms with E-state index in [-0.39, 0.29) is 0 Å². The molecule has 0 aromatic heterocycles. The molecule has 1 atom stereocenters. The number of unbranched alkanes of at least 4 members (excludes halogenated alkanes) is 2. The molecule has 4 heteroatoms. The highest BCUT2D eigenvalue weighted by Gasteiger charge is 2.40. The fraction of sp³-hybridized carbons (Fsp3) is 0.714. The second-order valence-corrected chi connectivity index (χ2v) is 6.83. The highest BCUT2D eigenvalue weighted by atomic mass is 32.2. The van der Waals surface area contributed by atoms with Gasteiger partial charge in [-0.15, -0.1) is 0 Å². The van der Waals surface area contributed by atoms with E-state index >= 15 is 0 Å². The number of hydrogen-bond acceptors (Lipinski definition) is 2. The molecular formula is C14H24O3S. The molecule has 0 bridgehead atoms. The topological polar surface area (TPSA) is 54.4 Å². The van der Waals surface area contributed by atoms with E-state index in [4.69, 9.17) is 0 Å². The van der Waals surface area contributed by atoms with Gasteiger partial charge in [0.15, 0.2) is 0 Å². The molecule has 3 nitrogen and oxygen atoms in total. The maximum absolute atomic E-state index is 11.6. The molecular weight excluding hydrogens is 248 g/mol. The Labute approximate surface area is 111 Å². The molecule has 0 aromatic rings. The molecule has 104 valence electrons. The molecule has 0 amide bonds. The van der Waals surface area contributed by atoms with Crippen molar-refractivity contribution in [3.8, 4) is 0 Å². The van der Waals surface area contributed by atoms with E-state index in [1.165, 1.54) is 5.57 Å². The highest BCUT2D eigenvalue weighted by molar-refractivity contribution is 7.87. The third-order valence-corrected chi connectivity index (χ3v) is 5.13. The maximum atomic E-state index is 11.6. The summed E-state index contributed by atoms with van der Waals surface area (Å²) < 4.78 is 31.6. The summed E-state index contributed by atoms with van der Waals surface area (Å²) in [5.41, 5.74) is 1.19. The van der Waals surface area contributed by atoms with E-state index in [2.05, 4.69) is 6.92 Å². The van der Waals surface area contributed by atoms with Crippen LogP contribution in [0.5, 0.6) is 0 Å². The Morgan fingerprint density at radius 2 is 1.94 bits per heavy atom. The average molecular weight is 272 g/mol. The van der Waals surface area contributed by atoms with Crippen LogP contribution in [0.4, 0.5) is 0 Å². The molecule has 1 unspecified atom stereocenters. The first-order valence-electron chi connectivity index (χ1n) is 6.80. The monoisotopic (exact) mass is 272 g/mol. The molecule has 0 radical (unpaired) electrons. The predicted octanol–water partition coefficient (Wildman–Crippen LogP) is 3.88. The van der Waals surface area contributed by atoms with Gasteiger partial charge in [0.2, 0.25) is 0 Å². The van der Waals surface area contributed by atoms with Gasteiger partial charge in [-0.1, -0.05) is 56.9 Å². The van der Waals surface area contributed by atoms with Crippen molar-refractivity contribution in [2.45, 2.75) is 63.5 Å².